The molecule has 0 saturated heterocycles. The highest BCUT2D eigenvalue weighted by molar-refractivity contribution is 6.17. The van der Waals surface area contributed by atoms with E-state index in [-0.39, 0.29) is 0 Å². The van der Waals surface area contributed by atoms with Gasteiger partial charge in [0.1, 0.15) is 17.9 Å². The molecule has 0 saturated carbocycles. The van der Waals surface area contributed by atoms with Gasteiger partial charge in [0, 0.05) is 25.4 Å². The van der Waals surface area contributed by atoms with Gasteiger partial charge in [0.15, 0.2) is 5.82 Å². The minimum absolute atomic E-state index is 0.527. The number of aryl methyl sites for hydroxylation is 2. The molecule has 0 aliphatic heterocycles. The fourth-order valence-electron chi connectivity index (χ4n) is 2.32. The lowest BCUT2D eigenvalue weighted by Crippen LogP contribution is -2.09. The van der Waals surface area contributed by atoms with Crippen LogP contribution in [0.2, 0.25) is 0 Å². The number of imidazole rings is 1. The first-order valence-electron chi connectivity index (χ1n) is 6.65. The molecule has 0 aliphatic rings. The lowest BCUT2D eigenvalue weighted by atomic mass is 10.3. The van der Waals surface area contributed by atoms with Gasteiger partial charge in [0.05, 0.1) is 24.7 Å². The second kappa shape index (κ2) is 5.73. The largest absolute Gasteiger partial charge is 0.497 e. The molecular formula is C14H16ClN5O. The summed E-state index contributed by atoms with van der Waals surface area (Å²) in [6.45, 7) is 0.604. The lowest BCUT2D eigenvalue weighted by molar-refractivity contribution is 0.415. The van der Waals surface area contributed by atoms with E-state index in [9.17, 15) is 0 Å². The highest BCUT2D eigenvalue weighted by Gasteiger charge is 2.13. The minimum Gasteiger partial charge on any atom is -0.497 e. The normalized spacial score (nSPS) is 11.2. The van der Waals surface area contributed by atoms with Crippen molar-refractivity contribution in [3.63, 3.8) is 0 Å². The molecule has 21 heavy (non-hydrogen) atoms. The van der Waals surface area contributed by atoms with Gasteiger partial charge < -0.3 is 13.9 Å². The van der Waals surface area contributed by atoms with Gasteiger partial charge in [-0.3, -0.25) is 0 Å². The molecule has 2 aromatic heterocycles. The molecule has 0 aliphatic carbocycles. The molecule has 3 rings (SSSR count). The fraction of sp³-hybridized carbons (Fsp3) is 0.357. The van der Waals surface area contributed by atoms with Crippen molar-refractivity contribution >= 4 is 22.6 Å². The van der Waals surface area contributed by atoms with E-state index >= 15 is 0 Å². The van der Waals surface area contributed by atoms with Crippen molar-refractivity contribution in [2.45, 2.75) is 13.0 Å². The van der Waals surface area contributed by atoms with Crippen molar-refractivity contribution in [3.8, 4) is 5.75 Å². The van der Waals surface area contributed by atoms with Gasteiger partial charge in [-0.05, 0) is 12.1 Å². The Morgan fingerprint density at radius 3 is 2.81 bits per heavy atom. The van der Waals surface area contributed by atoms with Gasteiger partial charge in [-0.25, -0.2) is 4.98 Å². The predicted octanol–water partition coefficient (Wildman–Crippen LogP) is 2.00. The molecule has 6 nitrogen and oxygen atoms in total. The molecule has 0 unspecified atom stereocenters. The Balaban J connectivity index is 2.12. The van der Waals surface area contributed by atoms with Crippen molar-refractivity contribution in [1.29, 1.82) is 0 Å². The van der Waals surface area contributed by atoms with Gasteiger partial charge in [0.2, 0.25) is 0 Å². The monoisotopic (exact) mass is 305 g/mol. The van der Waals surface area contributed by atoms with Crippen LogP contribution in [0.3, 0.4) is 0 Å². The zero-order valence-corrected chi connectivity index (χ0v) is 12.7. The third-order valence-corrected chi connectivity index (χ3v) is 3.65. The van der Waals surface area contributed by atoms with Crippen LogP contribution in [0.1, 0.15) is 11.6 Å². The number of benzene rings is 1. The first-order chi connectivity index (χ1) is 10.2. The number of rotatable bonds is 5. The number of methoxy groups -OCH3 is 1. The zero-order chi connectivity index (χ0) is 14.8. The van der Waals surface area contributed by atoms with Crippen molar-refractivity contribution in [2.75, 3.05) is 13.0 Å². The highest BCUT2D eigenvalue weighted by Crippen LogP contribution is 2.23. The van der Waals surface area contributed by atoms with Crippen LogP contribution in [0.15, 0.2) is 24.5 Å². The Morgan fingerprint density at radius 1 is 1.29 bits per heavy atom. The van der Waals surface area contributed by atoms with Crippen LogP contribution >= 0.6 is 11.6 Å². The maximum Gasteiger partial charge on any atom is 0.152 e. The number of aromatic nitrogens is 5. The van der Waals surface area contributed by atoms with E-state index < -0.39 is 0 Å². The van der Waals surface area contributed by atoms with Gasteiger partial charge >= 0.3 is 0 Å². The molecule has 0 fully saturated rings. The molecule has 3 aromatic rings. The van der Waals surface area contributed by atoms with Crippen molar-refractivity contribution in [3.05, 3.63) is 36.2 Å². The number of hydrogen-bond donors (Lipinski definition) is 0. The Morgan fingerprint density at radius 2 is 2.14 bits per heavy atom. The molecule has 0 amide bonds. The lowest BCUT2D eigenvalue weighted by Gasteiger charge is -2.08. The van der Waals surface area contributed by atoms with E-state index in [0.29, 0.717) is 18.8 Å². The van der Waals surface area contributed by atoms with Crippen molar-refractivity contribution < 1.29 is 4.74 Å². The van der Waals surface area contributed by atoms with Crippen molar-refractivity contribution in [2.24, 2.45) is 7.05 Å². The van der Waals surface area contributed by atoms with E-state index in [4.69, 9.17) is 16.3 Å². The summed E-state index contributed by atoms with van der Waals surface area (Å²) < 4.78 is 9.32. The summed E-state index contributed by atoms with van der Waals surface area (Å²) in [4.78, 5) is 4.65. The summed E-state index contributed by atoms with van der Waals surface area (Å²) in [6.07, 6.45) is 2.40. The number of nitrogens with zero attached hydrogens (tertiary/aromatic N) is 5. The van der Waals surface area contributed by atoms with Gasteiger partial charge in [-0.15, -0.1) is 21.8 Å². The average Bonchev–Trinajstić information content (AvgIpc) is 3.04. The first kappa shape index (κ1) is 13.9. The Labute approximate surface area is 127 Å². The molecule has 7 heteroatoms. The van der Waals surface area contributed by atoms with Crippen LogP contribution in [0.25, 0.3) is 11.0 Å². The molecule has 0 bridgehead atoms. The number of alkyl halides is 1. The third kappa shape index (κ3) is 2.58. The zero-order valence-electron chi connectivity index (χ0n) is 12.0. The molecule has 0 radical (unpaired) electrons. The second-order valence-corrected chi connectivity index (χ2v) is 5.14. The molecule has 0 N–H and O–H groups in total. The fourth-order valence-corrected chi connectivity index (χ4v) is 2.49. The Kier molecular flexibility index (Phi) is 3.79. The predicted molar refractivity (Wildman–Crippen MR) is 80.8 cm³/mol. The van der Waals surface area contributed by atoms with E-state index in [1.807, 2.05) is 29.8 Å². The molecule has 1 aromatic carbocycles. The van der Waals surface area contributed by atoms with E-state index in [1.54, 1.807) is 13.4 Å². The summed E-state index contributed by atoms with van der Waals surface area (Å²) in [5, 5.41) is 8.06. The molecule has 110 valence electrons. The average molecular weight is 306 g/mol. The smallest absolute Gasteiger partial charge is 0.152 e. The number of fused-ring (bicyclic) bond motifs is 1. The van der Waals surface area contributed by atoms with Gasteiger partial charge in [-0.1, -0.05) is 0 Å². The summed E-state index contributed by atoms with van der Waals surface area (Å²) in [5.74, 6) is 3.14. The highest BCUT2D eigenvalue weighted by atomic mass is 35.5. The summed E-state index contributed by atoms with van der Waals surface area (Å²) >= 11 is 5.90. The maximum atomic E-state index is 5.90. The third-order valence-electron chi connectivity index (χ3n) is 3.46. The quantitative estimate of drug-likeness (QED) is 0.677. The van der Waals surface area contributed by atoms with Crippen LogP contribution in [-0.2, 0) is 20.0 Å². The van der Waals surface area contributed by atoms with Gasteiger partial charge in [-0.2, -0.15) is 0 Å². The first-order valence-corrected chi connectivity index (χ1v) is 7.18. The summed E-state index contributed by atoms with van der Waals surface area (Å²) in [5.41, 5.74) is 1.94. The number of ether oxygens (including phenoxy) is 1. The van der Waals surface area contributed by atoms with Crippen LogP contribution in [0.4, 0.5) is 0 Å². The molecule has 0 atom stereocenters. The van der Waals surface area contributed by atoms with Crippen LogP contribution < -0.4 is 4.74 Å². The SMILES string of the molecule is COc1ccc2nc(CCCl)n(Cc3nncn3C)c2c1. The van der Waals surface area contributed by atoms with Crippen LogP contribution in [0.5, 0.6) is 5.75 Å². The molecule has 0 spiro atoms. The topological polar surface area (TPSA) is 57.8 Å². The van der Waals surface area contributed by atoms with Crippen molar-refractivity contribution in [1.82, 2.24) is 24.3 Å². The second-order valence-electron chi connectivity index (χ2n) is 4.77. The number of hydrogen-bond acceptors (Lipinski definition) is 4. The molecular weight excluding hydrogens is 290 g/mol. The maximum absolute atomic E-state index is 5.90. The summed E-state index contributed by atoms with van der Waals surface area (Å²) in [6, 6.07) is 5.85. The van der Waals surface area contributed by atoms with E-state index in [1.165, 1.54) is 0 Å². The van der Waals surface area contributed by atoms with E-state index in [2.05, 4.69) is 19.7 Å². The Hall–Kier alpha value is -2.08. The van der Waals surface area contributed by atoms with Crippen LogP contribution in [-0.4, -0.2) is 37.3 Å². The minimum atomic E-state index is 0.527. The molecule has 2 heterocycles. The summed E-state index contributed by atoms with van der Waals surface area (Å²) in [7, 11) is 3.58. The van der Waals surface area contributed by atoms with Crippen LogP contribution in [0, 0.1) is 0 Å². The Bertz CT molecular complexity index is 764. The number of halogens is 1. The van der Waals surface area contributed by atoms with Gasteiger partial charge in [0.25, 0.3) is 0 Å². The van der Waals surface area contributed by atoms with E-state index in [0.717, 1.165) is 28.4 Å². The standard InChI is InChI=1S/C14H16ClN5O/c1-19-9-16-18-14(19)8-20-12-7-10(21-2)3-4-11(12)17-13(20)5-6-15/h3-4,7,9H,5-6,8H2,1-2H3.